The Labute approximate surface area is 84.1 Å². The lowest BCUT2D eigenvalue weighted by Crippen LogP contribution is -2.43. The lowest BCUT2D eigenvalue weighted by Gasteiger charge is -2.28. The predicted octanol–water partition coefficient (Wildman–Crippen LogP) is 0.834. The molecule has 1 aromatic heterocycles. The summed E-state index contributed by atoms with van der Waals surface area (Å²) in [5.41, 5.74) is 6.83. The molecule has 0 bridgehead atoms. The Morgan fingerprint density at radius 3 is 2.86 bits per heavy atom. The summed E-state index contributed by atoms with van der Waals surface area (Å²) in [6.07, 6.45) is 0.899. The van der Waals surface area contributed by atoms with E-state index in [4.69, 9.17) is 10.2 Å². The number of anilines is 2. The van der Waals surface area contributed by atoms with Crippen molar-refractivity contribution in [3.05, 3.63) is 11.8 Å². The Kier molecular flexibility index (Phi) is 2.63. The van der Waals surface area contributed by atoms with Gasteiger partial charge in [-0.3, -0.25) is 0 Å². The van der Waals surface area contributed by atoms with Gasteiger partial charge in [-0.05, 0) is 0 Å². The molecule has 1 aliphatic heterocycles. The number of hydrogen-bond donors (Lipinski definition) is 2. The van der Waals surface area contributed by atoms with Crippen molar-refractivity contribution in [1.29, 1.82) is 0 Å². The molecular formula is C10H17N3O. The summed E-state index contributed by atoms with van der Waals surface area (Å²) in [7, 11) is 0. The number of nitrogens with two attached hydrogens (primary N) is 1. The second-order valence-corrected chi connectivity index (χ2v) is 3.55. The molecule has 0 unspecified atom stereocenters. The van der Waals surface area contributed by atoms with Crippen LogP contribution in [0.3, 0.4) is 0 Å². The molecule has 1 fully saturated rings. The number of nitrogens with zero attached hydrogens (tertiary/aromatic N) is 1. The van der Waals surface area contributed by atoms with Gasteiger partial charge in [0, 0.05) is 38.7 Å². The fraction of sp³-hybridized carbons (Fsp3) is 0.600. The van der Waals surface area contributed by atoms with E-state index in [1.165, 1.54) is 5.69 Å². The molecule has 0 spiro atoms. The Hall–Kier alpha value is -1.16. The van der Waals surface area contributed by atoms with Crippen molar-refractivity contribution in [3.8, 4) is 0 Å². The maximum atomic E-state index is 5.65. The van der Waals surface area contributed by atoms with Gasteiger partial charge in [0.15, 0.2) is 5.88 Å². The topological polar surface area (TPSA) is 54.4 Å². The zero-order chi connectivity index (χ0) is 9.97. The third-order valence-corrected chi connectivity index (χ3v) is 2.58. The summed E-state index contributed by atoms with van der Waals surface area (Å²) < 4.78 is 5.43. The van der Waals surface area contributed by atoms with Crippen LogP contribution in [-0.4, -0.2) is 26.2 Å². The number of furan rings is 1. The highest BCUT2D eigenvalue weighted by atomic mass is 16.4. The van der Waals surface area contributed by atoms with E-state index in [1.54, 1.807) is 0 Å². The summed E-state index contributed by atoms with van der Waals surface area (Å²) >= 11 is 0. The maximum Gasteiger partial charge on any atom is 0.192 e. The molecule has 4 nitrogen and oxygen atoms in total. The largest absolute Gasteiger partial charge is 0.444 e. The third kappa shape index (κ3) is 1.70. The maximum absolute atomic E-state index is 5.65. The second kappa shape index (κ2) is 3.92. The predicted molar refractivity (Wildman–Crippen MR) is 57.6 cm³/mol. The van der Waals surface area contributed by atoms with Gasteiger partial charge in [-0.25, -0.2) is 0 Å². The molecule has 14 heavy (non-hydrogen) atoms. The standard InChI is InChI=1S/C10H17N3O/c1-2-9-8(7-10(11)14-9)13-5-3-12-4-6-13/h7,12H,2-6,11H2,1H3. The minimum atomic E-state index is 0.524. The Morgan fingerprint density at radius 2 is 2.21 bits per heavy atom. The summed E-state index contributed by atoms with van der Waals surface area (Å²) in [5, 5.41) is 3.33. The first-order valence-corrected chi connectivity index (χ1v) is 5.15. The fourth-order valence-corrected chi connectivity index (χ4v) is 1.87. The minimum absolute atomic E-state index is 0.524. The van der Waals surface area contributed by atoms with Crippen LogP contribution in [0, 0.1) is 0 Å². The molecular weight excluding hydrogens is 178 g/mol. The quantitative estimate of drug-likeness (QED) is 0.734. The van der Waals surface area contributed by atoms with Crippen LogP contribution < -0.4 is 16.0 Å². The van der Waals surface area contributed by atoms with E-state index < -0.39 is 0 Å². The van der Waals surface area contributed by atoms with Gasteiger partial charge in [0.05, 0.1) is 5.69 Å². The van der Waals surface area contributed by atoms with Crippen molar-refractivity contribution in [2.75, 3.05) is 36.8 Å². The number of nitrogens with one attached hydrogen (secondary N) is 1. The molecule has 0 saturated carbocycles. The molecule has 0 atom stereocenters. The highest BCUT2D eigenvalue weighted by Crippen LogP contribution is 2.27. The van der Waals surface area contributed by atoms with Crippen molar-refractivity contribution in [3.63, 3.8) is 0 Å². The molecule has 0 radical (unpaired) electrons. The zero-order valence-electron chi connectivity index (χ0n) is 8.55. The molecule has 4 heteroatoms. The van der Waals surface area contributed by atoms with Crippen molar-refractivity contribution in [2.24, 2.45) is 0 Å². The molecule has 0 aromatic carbocycles. The monoisotopic (exact) mass is 195 g/mol. The van der Waals surface area contributed by atoms with E-state index in [0.29, 0.717) is 5.88 Å². The molecule has 1 saturated heterocycles. The Morgan fingerprint density at radius 1 is 1.50 bits per heavy atom. The van der Waals surface area contributed by atoms with Crippen LogP contribution in [0.2, 0.25) is 0 Å². The highest BCUT2D eigenvalue weighted by Gasteiger charge is 2.16. The SMILES string of the molecule is CCc1oc(N)cc1N1CCNCC1. The first-order chi connectivity index (χ1) is 6.81. The van der Waals surface area contributed by atoms with Crippen LogP contribution in [-0.2, 0) is 6.42 Å². The number of rotatable bonds is 2. The molecule has 1 aromatic rings. The lowest BCUT2D eigenvalue weighted by atomic mass is 10.2. The van der Waals surface area contributed by atoms with Gasteiger partial charge in [0.2, 0.25) is 0 Å². The molecule has 0 amide bonds. The fourth-order valence-electron chi connectivity index (χ4n) is 1.87. The lowest BCUT2D eigenvalue weighted by molar-refractivity contribution is 0.526. The van der Waals surface area contributed by atoms with E-state index in [2.05, 4.69) is 17.1 Å². The third-order valence-electron chi connectivity index (χ3n) is 2.58. The molecule has 78 valence electrons. The van der Waals surface area contributed by atoms with E-state index >= 15 is 0 Å². The number of hydrogen-bond acceptors (Lipinski definition) is 4. The van der Waals surface area contributed by atoms with Crippen LogP contribution in [0.15, 0.2) is 10.5 Å². The van der Waals surface area contributed by atoms with E-state index in [9.17, 15) is 0 Å². The second-order valence-electron chi connectivity index (χ2n) is 3.55. The van der Waals surface area contributed by atoms with Crippen LogP contribution in [0.1, 0.15) is 12.7 Å². The zero-order valence-corrected chi connectivity index (χ0v) is 8.55. The molecule has 2 rings (SSSR count). The average Bonchev–Trinajstić information content (AvgIpc) is 2.61. The Bertz CT molecular complexity index is 302. The van der Waals surface area contributed by atoms with Crippen molar-refractivity contribution in [1.82, 2.24) is 5.32 Å². The van der Waals surface area contributed by atoms with Gasteiger partial charge in [-0.2, -0.15) is 0 Å². The smallest absolute Gasteiger partial charge is 0.192 e. The van der Waals surface area contributed by atoms with Crippen LogP contribution in [0.5, 0.6) is 0 Å². The summed E-state index contributed by atoms with van der Waals surface area (Å²) in [6.45, 7) is 6.23. The van der Waals surface area contributed by atoms with Gasteiger partial charge < -0.3 is 20.4 Å². The normalized spacial score (nSPS) is 17.4. The average molecular weight is 195 g/mol. The Balaban J connectivity index is 2.20. The van der Waals surface area contributed by atoms with Crippen molar-refractivity contribution >= 4 is 11.6 Å². The van der Waals surface area contributed by atoms with Gasteiger partial charge in [-0.15, -0.1) is 0 Å². The molecule has 2 heterocycles. The van der Waals surface area contributed by atoms with Gasteiger partial charge in [0.1, 0.15) is 5.76 Å². The summed E-state index contributed by atoms with van der Waals surface area (Å²) in [5.74, 6) is 1.53. The van der Waals surface area contributed by atoms with Crippen LogP contribution in [0.4, 0.5) is 11.6 Å². The first kappa shape index (κ1) is 9.40. The summed E-state index contributed by atoms with van der Waals surface area (Å²) in [6, 6.07) is 1.93. The molecule has 0 aliphatic carbocycles. The number of piperazine rings is 1. The van der Waals surface area contributed by atoms with E-state index in [0.717, 1.165) is 38.4 Å². The van der Waals surface area contributed by atoms with Gasteiger partial charge in [0.25, 0.3) is 0 Å². The van der Waals surface area contributed by atoms with Crippen molar-refractivity contribution < 1.29 is 4.42 Å². The van der Waals surface area contributed by atoms with Gasteiger partial charge in [-0.1, -0.05) is 6.92 Å². The number of aryl methyl sites for hydroxylation is 1. The first-order valence-electron chi connectivity index (χ1n) is 5.15. The minimum Gasteiger partial charge on any atom is -0.444 e. The van der Waals surface area contributed by atoms with E-state index in [-0.39, 0.29) is 0 Å². The number of nitrogen functional groups attached to an aromatic ring is 1. The van der Waals surface area contributed by atoms with Crippen LogP contribution in [0.25, 0.3) is 0 Å². The van der Waals surface area contributed by atoms with E-state index in [1.807, 2.05) is 6.07 Å². The van der Waals surface area contributed by atoms with Crippen molar-refractivity contribution in [2.45, 2.75) is 13.3 Å². The molecule has 3 N–H and O–H groups in total. The summed E-state index contributed by atoms with van der Waals surface area (Å²) in [4.78, 5) is 2.33. The molecule has 1 aliphatic rings. The highest BCUT2D eigenvalue weighted by molar-refractivity contribution is 5.56. The van der Waals surface area contributed by atoms with Gasteiger partial charge >= 0.3 is 0 Å². The van der Waals surface area contributed by atoms with Crippen LogP contribution >= 0.6 is 0 Å².